The monoisotopic (exact) mass is 516 g/mol. The number of nitrogens with zero attached hydrogens (tertiary/aromatic N) is 3. The number of benzene rings is 2. The van der Waals surface area contributed by atoms with Crippen LogP contribution in [0.2, 0.25) is 0 Å². The highest BCUT2D eigenvalue weighted by Gasteiger charge is 2.41. The van der Waals surface area contributed by atoms with Crippen molar-refractivity contribution < 1.29 is 23.5 Å². The summed E-state index contributed by atoms with van der Waals surface area (Å²) in [5.74, 6) is -0.388. The number of piperidine rings is 1. The van der Waals surface area contributed by atoms with Crippen molar-refractivity contribution in [3.8, 4) is 11.8 Å². The zero-order valence-corrected chi connectivity index (χ0v) is 21.0. The Hall–Kier alpha value is -3.77. The summed E-state index contributed by atoms with van der Waals surface area (Å²) in [7, 11) is 0. The molecule has 2 saturated heterocycles. The van der Waals surface area contributed by atoms with Crippen molar-refractivity contribution in [2.24, 2.45) is 0 Å². The first-order chi connectivity index (χ1) is 18.4. The van der Waals surface area contributed by atoms with Crippen LogP contribution in [0.25, 0.3) is 0 Å². The summed E-state index contributed by atoms with van der Waals surface area (Å²) in [6, 6.07) is 11.7. The van der Waals surface area contributed by atoms with Gasteiger partial charge in [0.15, 0.2) is 0 Å². The third-order valence-electron chi connectivity index (χ3n) is 8.40. The number of nitriles is 1. The first kappa shape index (κ1) is 24.6. The minimum absolute atomic E-state index is 0.00903. The Bertz CT molecular complexity index is 1350. The molecule has 1 saturated carbocycles. The summed E-state index contributed by atoms with van der Waals surface area (Å²) in [6.45, 7) is 1.94. The van der Waals surface area contributed by atoms with Crippen LogP contribution in [0.4, 0.5) is 4.39 Å². The third kappa shape index (κ3) is 4.43. The number of ether oxygens (including phenoxy) is 1. The van der Waals surface area contributed by atoms with Crippen LogP contribution in [-0.4, -0.2) is 58.8 Å². The molecular weight excluding hydrogens is 487 g/mol. The maximum Gasteiger partial charge on any atom is 0.255 e. The molecule has 1 aliphatic carbocycles. The molecule has 3 heterocycles. The number of fused-ring (bicyclic) bond motifs is 1. The fraction of sp³-hybridized carbons (Fsp3) is 0.448. The Morgan fingerprint density at radius 3 is 2.63 bits per heavy atom. The Labute approximate surface area is 220 Å². The van der Waals surface area contributed by atoms with Crippen LogP contribution in [0.1, 0.15) is 71.5 Å². The summed E-state index contributed by atoms with van der Waals surface area (Å²) in [5.41, 5.74) is 2.71. The summed E-state index contributed by atoms with van der Waals surface area (Å²) in [6.07, 6.45) is 4.75. The zero-order valence-electron chi connectivity index (χ0n) is 21.0. The van der Waals surface area contributed by atoms with E-state index in [4.69, 9.17) is 4.74 Å². The van der Waals surface area contributed by atoms with Crippen molar-refractivity contribution in [1.29, 1.82) is 5.26 Å². The van der Waals surface area contributed by atoms with Gasteiger partial charge in [-0.3, -0.25) is 24.6 Å². The quantitative estimate of drug-likeness (QED) is 0.612. The number of amides is 3. The van der Waals surface area contributed by atoms with Gasteiger partial charge in [0.1, 0.15) is 23.7 Å². The highest BCUT2D eigenvalue weighted by molar-refractivity contribution is 6.05. The molecule has 8 nitrogen and oxygen atoms in total. The normalized spacial score (nSPS) is 25.9. The van der Waals surface area contributed by atoms with E-state index < -0.39 is 17.8 Å². The second kappa shape index (κ2) is 9.84. The number of imide groups is 1. The van der Waals surface area contributed by atoms with Crippen molar-refractivity contribution >= 4 is 17.7 Å². The minimum atomic E-state index is -0.637. The number of hydrogen-bond donors (Lipinski definition) is 1. The van der Waals surface area contributed by atoms with Crippen molar-refractivity contribution in [1.82, 2.24) is 15.1 Å². The Morgan fingerprint density at radius 1 is 1.03 bits per heavy atom. The molecule has 196 valence electrons. The number of nitrogens with one attached hydrogen (secondary N) is 1. The van der Waals surface area contributed by atoms with Gasteiger partial charge in [0.2, 0.25) is 11.8 Å². The van der Waals surface area contributed by atoms with E-state index in [-0.39, 0.29) is 36.3 Å². The van der Waals surface area contributed by atoms with E-state index in [2.05, 4.69) is 16.3 Å². The Morgan fingerprint density at radius 2 is 1.84 bits per heavy atom. The fourth-order valence-corrected chi connectivity index (χ4v) is 6.39. The van der Waals surface area contributed by atoms with Crippen molar-refractivity contribution in [2.75, 3.05) is 13.1 Å². The smallest absolute Gasteiger partial charge is 0.255 e. The lowest BCUT2D eigenvalue weighted by Gasteiger charge is -2.48. The van der Waals surface area contributed by atoms with Gasteiger partial charge >= 0.3 is 0 Å². The molecule has 6 rings (SSSR count). The van der Waals surface area contributed by atoms with E-state index in [0.29, 0.717) is 29.8 Å². The molecular formula is C29H29FN4O4. The number of carbonyl (C=O) groups excluding carboxylic acids is 3. The number of likely N-dealkylation sites (tertiary alicyclic amines) is 1. The van der Waals surface area contributed by atoms with Crippen LogP contribution in [0.15, 0.2) is 36.4 Å². The van der Waals surface area contributed by atoms with Gasteiger partial charge in [0.25, 0.3) is 5.91 Å². The predicted octanol–water partition coefficient (Wildman–Crippen LogP) is 3.25. The molecule has 2 unspecified atom stereocenters. The molecule has 1 N–H and O–H groups in total. The Kier molecular flexibility index (Phi) is 6.36. The summed E-state index contributed by atoms with van der Waals surface area (Å²) >= 11 is 0. The molecule has 3 aliphatic heterocycles. The highest BCUT2D eigenvalue weighted by Crippen LogP contribution is 2.37. The fourth-order valence-electron chi connectivity index (χ4n) is 6.39. The molecule has 0 radical (unpaired) electrons. The van der Waals surface area contributed by atoms with Gasteiger partial charge in [-0.05, 0) is 67.1 Å². The van der Waals surface area contributed by atoms with Gasteiger partial charge in [-0.25, -0.2) is 4.39 Å². The van der Waals surface area contributed by atoms with Gasteiger partial charge in [-0.15, -0.1) is 0 Å². The number of hydrogen-bond acceptors (Lipinski definition) is 6. The van der Waals surface area contributed by atoms with Gasteiger partial charge in [0.05, 0.1) is 11.6 Å². The van der Waals surface area contributed by atoms with Crippen LogP contribution in [-0.2, 0) is 16.1 Å². The van der Waals surface area contributed by atoms with E-state index >= 15 is 0 Å². The molecule has 4 aliphatic rings. The van der Waals surface area contributed by atoms with Gasteiger partial charge in [-0.1, -0.05) is 12.5 Å². The maximum absolute atomic E-state index is 13.6. The molecule has 2 aromatic carbocycles. The molecule has 0 bridgehead atoms. The number of rotatable bonds is 5. The van der Waals surface area contributed by atoms with Gasteiger partial charge in [0, 0.05) is 43.6 Å². The zero-order chi connectivity index (χ0) is 26.4. The highest BCUT2D eigenvalue weighted by atomic mass is 19.1. The largest absolute Gasteiger partial charge is 0.489 e. The van der Waals surface area contributed by atoms with Crippen LogP contribution in [0, 0.1) is 17.1 Å². The van der Waals surface area contributed by atoms with Crippen LogP contribution >= 0.6 is 0 Å². The first-order valence-corrected chi connectivity index (χ1v) is 13.3. The van der Waals surface area contributed by atoms with E-state index in [9.17, 15) is 24.0 Å². The standard InChI is InChI=1S/C29H29FN4O4/c30-20-5-7-22(17(11-20)13-31)19-14-33(15-19)24-3-1-2-4-26(24)38-21-6-8-23-18(12-21)16-34(29(23)37)25-9-10-27(35)32-28(25)36/h5-8,11-12,19,24-26H,1-4,9-10,14-16H2,(H,32,35,36)/t24?,25?,26-/m0/s1. The molecule has 3 amide bonds. The molecule has 3 fully saturated rings. The molecule has 9 heteroatoms. The third-order valence-corrected chi connectivity index (χ3v) is 8.40. The lowest BCUT2D eigenvalue weighted by molar-refractivity contribution is -0.136. The van der Waals surface area contributed by atoms with E-state index in [0.717, 1.165) is 49.9 Å². The number of halogens is 1. The number of carbonyl (C=O) groups is 3. The Balaban J connectivity index is 1.12. The lowest BCUT2D eigenvalue weighted by Crippen LogP contribution is -2.57. The van der Waals surface area contributed by atoms with E-state index in [1.807, 2.05) is 12.1 Å². The van der Waals surface area contributed by atoms with Crippen LogP contribution in [0.5, 0.6) is 5.75 Å². The molecule has 3 atom stereocenters. The predicted molar refractivity (Wildman–Crippen MR) is 135 cm³/mol. The minimum Gasteiger partial charge on any atom is -0.489 e. The van der Waals surface area contributed by atoms with Crippen LogP contribution in [0.3, 0.4) is 0 Å². The van der Waals surface area contributed by atoms with Crippen molar-refractivity contribution in [2.45, 2.75) is 69.2 Å². The molecule has 0 spiro atoms. The molecule has 0 aromatic heterocycles. The van der Waals surface area contributed by atoms with Crippen LogP contribution < -0.4 is 10.1 Å². The summed E-state index contributed by atoms with van der Waals surface area (Å²) in [5, 5.41) is 11.8. The SMILES string of the molecule is N#Cc1cc(F)ccc1C1CN(C2CCCC[C@@H]2Oc2ccc3c(c2)CN(C2CCC(=O)NC2=O)C3=O)C1. The maximum atomic E-state index is 13.6. The second-order valence-electron chi connectivity index (χ2n) is 10.7. The average molecular weight is 517 g/mol. The molecule has 38 heavy (non-hydrogen) atoms. The van der Waals surface area contributed by atoms with Gasteiger partial charge < -0.3 is 9.64 Å². The first-order valence-electron chi connectivity index (χ1n) is 13.3. The topological polar surface area (TPSA) is 103 Å². The van der Waals surface area contributed by atoms with E-state index in [1.54, 1.807) is 17.0 Å². The summed E-state index contributed by atoms with van der Waals surface area (Å²) < 4.78 is 20.1. The lowest BCUT2D eigenvalue weighted by atomic mass is 9.83. The van der Waals surface area contributed by atoms with Crippen molar-refractivity contribution in [3.05, 3.63) is 64.5 Å². The molecule has 2 aromatic rings. The van der Waals surface area contributed by atoms with E-state index in [1.165, 1.54) is 12.1 Å². The van der Waals surface area contributed by atoms with Gasteiger partial charge in [-0.2, -0.15) is 5.26 Å². The van der Waals surface area contributed by atoms with Crippen molar-refractivity contribution in [3.63, 3.8) is 0 Å². The summed E-state index contributed by atoms with van der Waals surface area (Å²) in [4.78, 5) is 40.8. The average Bonchev–Trinajstić information content (AvgIpc) is 3.20. The second-order valence-corrected chi connectivity index (χ2v) is 10.7.